The van der Waals surface area contributed by atoms with Crippen LogP contribution in [0.15, 0.2) is 18.2 Å². The van der Waals surface area contributed by atoms with Gasteiger partial charge in [-0.2, -0.15) is 0 Å². The predicted molar refractivity (Wildman–Crippen MR) is 60.1 cm³/mol. The number of esters is 1. The highest BCUT2D eigenvalue weighted by molar-refractivity contribution is 5.78. The van der Waals surface area contributed by atoms with Gasteiger partial charge in [0, 0.05) is 12.2 Å². The fraction of sp³-hybridized carbons (Fsp3) is 0.417. The quantitative estimate of drug-likeness (QED) is 0.832. The van der Waals surface area contributed by atoms with Crippen molar-refractivity contribution in [3.8, 4) is 0 Å². The van der Waals surface area contributed by atoms with Gasteiger partial charge in [-0.25, -0.2) is 8.78 Å². The van der Waals surface area contributed by atoms with E-state index in [4.69, 9.17) is 9.47 Å². The second kappa shape index (κ2) is 4.89. The maximum absolute atomic E-state index is 13.0. The molecule has 0 amide bonds. The van der Waals surface area contributed by atoms with E-state index in [1.54, 1.807) is 0 Å². The Morgan fingerprint density at radius 3 is 2.67 bits per heavy atom. The van der Waals surface area contributed by atoms with Crippen molar-refractivity contribution in [2.75, 3.05) is 32.2 Å². The van der Waals surface area contributed by atoms with Gasteiger partial charge in [-0.05, 0) is 18.2 Å². The third kappa shape index (κ3) is 2.28. The first-order valence-electron chi connectivity index (χ1n) is 5.42. The number of hydrogen-bond donors (Lipinski definition) is 1. The van der Waals surface area contributed by atoms with E-state index in [2.05, 4.69) is 5.32 Å². The summed E-state index contributed by atoms with van der Waals surface area (Å²) in [7, 11) is 1.31. The zero-order valence-corrected chi connectivity index (χ0v) is 9.83. The van der Waals surface area contributed by atoms with Gasteiger partial charge in [0.2, 0.25) is 0 Å². The first kappa shape index (κ1) is 12.8. The Morgan fingerprint density at radius 1 is 1.44 bits per heavy atom. The van der Waals surface area contributed by atoms with Crippen LogP contribution in [0.5, 0.6) is 0 Å². The lowest BCUT2D eigenvalue weighted by atomic mass is 9.86. The molecule has 0 atom stereocenters. The second-order valence-electron chi connectivity index (χ2n) is 4.25. The number of methoxy groups -OCH3 is 1. The fourth-order valence-corrected chi connectivity index (χ4v) is 1.73. The van der Waals surface area contributed by atoms with E-state index in [1.807, 2.05) is 0 Å². The standard InChI is InChI=1S/C12H13F2NO3/c1-17-11(16)12(6-18-7-12)5-15-8-2-3-9(13)10(14)4-8/h2-4,15H,5-7H2,1H3. The monoisotopic (exact) mass is 257 g/mol. The normalized spacial score (nSPS) is 16.8. The van der Waals surface area contributed by atoms with Crippen LogP contribution in [0.4, 0.5) is 14.5 Å². The Kier molecular flexibility index (Phi) is 3.47. The second-order valence-corrected chi connectivity index (χ2v) is 4.25. The van der Waals surface area contributed by atoms with E-state index in [0.29, 0.717) is 5.69 Å². The van der Waals surface area contributed by atoms with Gasteiger partial charge in [0.15, 0.2) is 11.6 Å². The van der Waals surface area contributed by atoms with Crippen LogP contribution >= 0.6 is 0 Å². The van der Waals surface area contributed by atoms with E-state index in [9.17, 15) is 13.6 Å². The van der Waals surface area contributed by atoms with Crippen LogP contribution in [-0.2, 0) is 14.3 Å². The average Bonchev–Trinajstić information content (AvgIpc) is 2.31. The molecular weight excluding hydrogens is 244 g/mol. The molecule has 4 nitrogen and oxygen atoms in total. The van der Waals surface area contributed by atoms with E-state index in [-0.39, 0.29) is 25.7 Å². The van der Waals surface area contributed by atoms with Crippen LogP contribution in [0.25, 0.3) is 0 Å². The third-order valence-electron chi connectivity index (χ3n) is 2.93. The van der Waals surface area contributed by atoms with Crippen LogP contribution in [0.2, 0.25) is 0 Å². The lowest BCUT2D eigenvalue weighted by Gasteiger charge is -2.38. The van der Waals surface area contributed by atoms with Crippen molar-refractivity contribution in [1.82, 2.24) is 0 Å². The van der Waals surface area contributed by atoms with Crippen molar-refractivity contribution < 1.29 is 23.0 Å². The summed E-state index contributed by atoms with van der Waals surface area (Å²) >= 11 is 0. The minimum atomic E-state index is -0.933. The fourth-order valence-electron chi connectivity index (χ4n) is 1.73. The number of hydrogen-bond acceptors (Lipinski definition) is 4. The van der Waals surface area contributed by atoms with Crippen LogP contribution in [0.3, 0.4) is 0 Å². The minimum Gasteiger partial charge on any atom is -0.468 e. The van der Waals surface area contributed by atoms with Gasteiger partial charge < -0.3 is 14.8 Å². The number of carbonyl (C=O) groups excluding carboxylic acids is 1. The molecule has 1 aliphatic rings. The molecule has 6 heteroatoms. The Hall–Kier alpha value is -1.69. The predicted octanol–water partition coefficient (Wildman–Crippen LogP) is 1.57. The third-order valence-corrected chi connectivity index (χ3v) is 2.93. The molecule has 1 aliphatic heterocycles. The maximum atomic E-state index is 13.0. The van der Waals surface area contributed by atoms with Crippen molar-refractivity contribution in [1.29, 1.82) is 0 Å². The molecule has 1 N–H and O–H groups in total. The Labute approximate surface area is 103 Å². The summed E-state index contributed by atoms with van der Waals surface area (Å²) < 4.78 is 35.4. The molecule has 18 heavy (non-hydrogen) atoms. The number of ether oxygens (including phenoxy) is 2. The Balaban J connectivity index is 2.02. The Bertz CT molecular complexity index is 461. The van der Waals surface area contributed by atoms with E-state index in [0.717, 1.165) is 12.1 Å². The number of benzene rings is 1. The number of anilines is 1. The highest BCUT2D eigenvalue weighted by Crippen LogP contribution is 2.29. The first-order valence-corrected chi connectivity index (χ1v) is 5.42. The molecule has 0 aliphatic carbocycles. The van der Waals surface area contributed by atoms with E-state index < -0.39 is 17.0 Å². The summed E-state index contributed by atoms with van der Waals surface area (Å²) in [5, 5.41) is 2.88. The maximum Gasteiger partial charge on any atom is 0.318 e. The smallest absolute Gasteiger partial charge is 0.318 e. The molecule has 0 aromatic heterocycles. The van der Waals surface area contributed by atoms with Gasteiger partial charge in [-0.15, -0.1) is 0 Å². The zero-order valence-electron chi connectivity index (χ0n) is 9.83. The molecule has 0 unspecified atom stereocenters. The molecule has 1 aromatic rings. The highest BCUT2D eigenvalue weighted by Gasteiger charge is 2.47. The first-order chi connectivity index (χ1) is 8.57. The molecule has 1 aromatic carbocycles. The molecule has 0 saturated carbocycles. The molecule has 0 radical (unpaired) electrons. The van der Waals surface area contributed by atoms with Crippen LogP contribution in [0, 0.1) is 17.0 Å². The van der Waals surface area contributed by atoms with Gasteiger partial charge >= 0.3 is 5.97 Å². The lowest BCUT2D eigenvalue weighted by Crippen LogP contribution is -2.54. The van der Waals surface area contributed by atoms with Gasteiger partial charge in [-0.3, -0.25) is 4.79 Å². The number of carbonyl (C=O) groups is 1. The molecule has 98 valence electrons. The van der Waals surface area contributed by atoms with Crippen molar-refractivity contribution in [3.63, 3.8) is 0 Å². The molecule has 2 rings (SSSR count). The van der Waals surface area contributed by atoms with E-state index >= 15 is 0 Å². The number of nitrogens with one attached hydrogen (secondary N) is 1. The summed E-state index contributed by atoms with van der Waals surface area (Å²) in [6.45, 7) is 0.775. The molecular formula is C12H13F2NO3. The summed E-state index contributed by atoms with van der Waals surface area (Å²) in [5.74, 6) is -2.21. The average molecular weight is 257 g/mol. The number of rotatable bonds is 4. The summed E-state index contributed by atoms with van der Waals surface area (Å²) in [6, 6.07) is 3.47. The SMILES string of the molecule is COC(=O)C1(CNc2ccc(F)c(F)c2)COC1. The topological polar surface area (TPSA) is 47.6 Å². The van der Waals surface area contributed by atoms with Crippen molar-refractivity contribution in [2.24, 2.45) is 5.41 Å². The summed E-state index contributed by atoms with van der Waals surface area (Å²) in [4.78, 5) is 11.6. The van der Waals surface area contributed by atoms with Gasteiger partial charge in [0.25, 0.3) is 0 Å². The highest BCUT2D eigenvalue weighted by atomic mass is 19.2. The zero-order chi connectivity index (χ0) is 13.2. The molecule has 0 spiro atoms. The van der Waals surface area contributed by atoms with Gasteiger partial charge in [0.05, 0.1) is 20.3 Å². The summed E-state index contributed by atoms with van der Waals surface area (Å²) in [5.41, 5.74) is -0.330. The molecule has 1 heterocycles. The van der Waals surface area contributed by atoms with Crippen molar-refractivity contribution in [3.05, 3.63) is 29.8 Å². The lowest BCUT2D eigenvalue weighted by molar-refractivity contribution is -0.180. The minimum absolute atomic E-state index is 0.255. The Morgan fingerprint density at radius 2 is 2.17 bits per heavy atom. The van der Waals surface area contributed by atoms with Crippen LogP contribution < -0.4 is 5.32 Å². The van der Waals surface area contributed by atoms with Crippen LogP contribution in [0.1, 0.15) is 0 Å². The van der Waals surface area contributed by atoms with Crippen LogP contribution in [-0.4, -0.2) is 32.8 Å². The van der Waals surface area contributed by atoms with Gasteiger partial charge in [-0.1, -0.05) is 0 Å². The molecule has 1 fully saturated rings. The van der Waals surface area contributed by atoms with E-state index in [1.165, 1.54) is 13.2 Å². The molecule has 1 saturated heterocycles. The summed E-state index contributed by atoms with van der Waals surface area (Å²) in [6.07, 6.45) is 0. The van der Waals surface area contributed by atoms with Crippen molar-refractivity contribution >= 4 is 11.7 Å². The van der Waals surface area contributed by atoms with Gasteiger partial charge in [0.1, 0.15) is 5.41 Å². The molecule has 0 bridgehead atoms. The van der Waals surface area contributed by atoms with Crippen molar-refractivity contribution in [2.45, 2.75) is 0 Å². The number of halogens is 2. The largest absolute Gasteiger partial charge is 0.468 e.